The van der Waals surface area contributed by atoms with Gasteiger partial charge in [0, 0.05) is 11.9 Å². The van der Waals surface area contributed by atoms with E-state index in [1.54, 1.807) is 4.90 Å². The number of rotatable bonds is 3. The summed E-state index contributed by atoms with van der Waals surface area (Å²) >= 11 is 11.9. The van der Waals surface area contributed by atoms with E-state index < -0.39 is 0 Å². The summed E-state index contributed by atoms with van der Waals surface area (Å²) in [5.41, 5.74) is 2.83. The number of benzene rings is 1. The molecule has 0 aliphatic rings. The summed E-state index contributed by atoms with van der Waals surface area (Å²) in [4.78, 5) is 13.0. The van der Waals surface area contributed by atoms with Crippen LogP contribution in [0.1, 0.15) is 25.0 Å². The molecular formula is C12H15Cl2NO. The molecule has 0 heterocycles. The SMILES string of the molecule is CCc1c(Cl)ccc(C)c1N(CCl)C(C)=O. The molecule has 88 valence electrons. The molecule has 4 heteroatoms. The molecule has 0 saturated heterocycles. The minimum atomic E-state index is -0.0740. The molecule has 1 rings (SSSR count). The van der Waals surface area contributed by atoms with Crippen molar-refractivity contribution in [2.24, 2.45) is 0 Å². The summed E-state index contributed by atoms with van der Waals surface area (Å²) in [5.74, 6) is -0.0740. The van der Waals surface area contributed by atoms with Gasteiger partial charge in [-0.05, 0) is 30.5 Å². The van der Waals surface area contributed by atoms with E-state index in [9.17, 15) is 4.79 Å². The van der Waals surface area contributed by atoms with Crippen LogP contribution in [0.5, 0.6) is 0 Å². The quantitative estimate of drug-likeness (QED) is 0.598. The monoisotopic (exact) mass is 259 g/mol. The Bertz CT molecular complexity index is 404. The number of anilines is 1. The molecule has 1 amide bonds. The Morgan fingerprint density at radius 3 is 2.50 bits per heavy atom. The molecule has 0 aromatic heterocycles. The van der Waals surface area contributed by atoms with E-state index in [-0.39, 0.29) is 11.9 Å². The molecule has 0 N–H and O–H groups in total. The van der Waals surface area contributed by atoms with E-state index in [1.165, 1.54) is 6.92 Å². The molecule has 0 aliphatic heterocycles. The Kier molecular flexibility index (Phi) is 4.63. The first kappa shape index (κ1) is 13.3. The zero-order valence-electron chi connectivity index (χ0n) is 9.68. The first-order chi connectivity index (χ1) is 7.52. The van der Waals surface area contributed by atoms with Gasteiger partial charge in [0.2, 0.25) is 5.91 Å². The predicted octanol–water partition coefficient (Wildman–Crippen LogP) is 3.76. The van der Waals surface area contributed by atoms with Gasteiger partial charge in [-0.25, -0.2) is 0 Å². The van der Waals surface area contributed by atoms with Crippen molar-refractivity contribution >= 4 is 34.8 Å². The maximum atomic E-state index is 11.5. The number of halogens is 2. The highest BCUT2D eigenvalue weighted by atomic mass is 35.5. The Balaban J connectivity index is 3.39. The molecular weight excluding hydrogens is 245 g/mol. The lowest BCUT2D eigenvalue weighted by molar-refractivity contribution is -0.116. The highest BCUT2D eigenvalue weighted by Gasteiger charge is 2.17. The van der Waals surface area contributed by atoms with Crippen molar-refractivity contribution in [3.8, 4) is 0 Å². The van der Waals surface area contributed by atoms with Crippen LogP contribution >= 0.6 is 23.2 Å². The van der Waals surface area contributed by atoms with Gasteiger partial charge < -0.3 is 0 Å². The lowest BCUT2D eigenvalue weighted by Gasteiger charge is -2.24. The second-order valence-electron chi connectivity index (χ2n) is 3.61. The molecule has 0 fully saturated rings. The third-order valence-electron chi connectivity index (χ3n) is 2.55. The summed E-state index contributed by atoms with van der Waals surface area (Å²) in [6.07, 6.45) is 0.774. The Morgan fingerprint density at radius 2 is 2.06 bits per heavy atom. The minimum Gasteiger partial charge on any atom is -0.298 e. The molecule has 16 heavy (non-hydrogen) atoms. The van der Waals surface area contributed by atoms with E-state index in [1.807, 2.05) is 26.0 Å². The number of nitrogens with zero attached hydrogens (tertiary/aromatic N) is 1. The summed E-state index contributed by atoms with van der Waals surface area (Å²) in [7, 11) is 0. The Morgan fingerprint density at radius 1 is 1.44 bits per heavy atom. The number of alkyl halides is 1. The zero-order valence-corrected chi connectivity index (χ0v) is 11.2. The van der Waals surface area contributed by atoms with Crippen molar-refractivity contribution < 1.29 is 4.79 Å². The van der Waals surface area contributed by atoms with E-state index in [0.717, 1.165) is 23.2 Å². The van der Waals surface area contributed by atoms with Crippen molar-refractivity contribution in [2.45, 2.75) is 27.2 Å². The Hall–Kier alpha value is -0.730. The largest absolute Gasteiger partial charge is 0.298 e. The summed E-state index contributed by atoms with van der Waals surface area (Å²) in [6.45, 7) is 5.46. The summed E-state index contributed by atoms with van der Waals surface area (Å²) < 4.78 is 0. The molecule has 0 spiro atoms. The van der Waals surface area contributed by atoms with Gasteiger partial charge in [-0.3, -0.25) is 9.69 Å². The van der Waals surface area contributed by atoms with Crippen molar-refractivity contribution in [2.75, 3.05) is 10.9 Å². The van der Waals surface area contributed by atoms with Gasteiger partial charge in [-0.15, -0.1) is 11.6 Å². The van der Waals surface area contributed by atoms with E-state index in [0.29, 0.717) is 5.02 Å². The lowest BCUT2D eigenvalue weighted by Crippen LogP contribution is -2.28. The van der Waals surface area contributed by atoms with Crippen LogP contribution < -0.4 is 4.90 Å². The third-order valence-corrected chi connectivity index (χ3v) is 3.14. The highest BCUT2D eigenvalue weighted by Crippen LogP contribution is 2.32. The maximum Gasteiger partial charge on any atom is 0.224 e. The molecule has 0 aliphatic carbocycles. The fourth-order valence-corrected chi connectivity index (χ4v) is 2.32. The van der Waals surface area contributed by atoms with Gasteiger partial charge in [0.15, 0.2) is 0 Å². The number of hydrogen-bond donors (Lipinski definition) is 0. The standard InChI is InChI=1S/C12H15Cl2NO/c1-4-10-11(14)6-5-8(2)12(10)15(7-13)9(3)16/h5-6H,4,7H2,1-3H3. The number of carbonyl (C=O) groups is 1. The van der Waals surface area contributed by atoms with Gasteiger partial charge in [-0.1, -0.05) is 24.6 Å². The van der Waals surface area contributed by atoms with Crippen molar-refractivity contribution in [1.29, 1.82) is 0 Å². The molecule has 0 atom stereocenters. The predicted molar refractivity (Wildman–Crippen MR) is 69.4 cm³/mol. The zero-order chi connectivity index (χ0) is 12.3. The van der Waals surface area contributed by atoms with Crippen LogP contribution in [0.2, 0.25) is 5.02 Å². The van der Waals surface area contributed by atoms with Crippen LogP contribution in [0.15, 0.2) is 12.1 Å². The van der Waals surface area contributed by atoms with Crippen LogP contribution in [0.3, 0.4) is 0 Å². The van der Waals surface area contributed by atoms with Gasteiger partial charge >= 0.3 is 0 Å². The fourth-order valence-electron chi connectivity index (χ4n) is 1.74. The van der Waals surface area contributed by atoms with Crippen LogP contribution in [0.25, 0.3) is 0 Å². The number of hydrogen-bond acceptors (Lipinski definition) is 1. The van der Waals surface area contributed by atoms with E-state index >= 15 is 0 Å². The van der Waals surface area contributed by atoms with Gasteiger partial charge in [0.1, 0.15) is 6.00 Å². The highest BCUT2D eigenvalue weighted by molar-refractivity contribution is 6.32. The fraction of sp³-hybridized carbons (Fsp3) is 0.417. The molecule has 0 radical (unpaired) electrons. The van der Waals surface area contributed by atoms with Crippen molar-refractivity contribution in [3.05, 3.63) is 28.3 Å². The average Bonchev–Trinajstić information content (AvgIpc) is 2.24. The van der Waals surface area contributed by atoms with Crippen molar-refractivity contribution in [3.63, 3.8) is 0 Å². The average molecular weight is 260 g/mol. The number of aryl methyl sites for hydroxylation is 1. The lowest BCUT2D eigenvalue weighted by atomic mass is 10.0. The van der Waals surface area contributed by atoms with Crippen LogP contribution in [0, 0.1) is 6.92 Å². The normalized spacial score (nSPS) is 10.3. The first-order valence-electron chi connectivity index (χ1n) is 5.15. The van der Waals surface area contributed by atoms with Gasteiger partial charge in [0.05, 0.1) is 5.69 Å². The number of carbonyl (C=O) groups excluding carboxylic acids is 1. The van der Waals surface area contributed by atoms with Crippen LogP contribution in [0.4, 0.5) is 5.69 Å². The minimum absolute atomic E-state index is 0.0740. The van der Waals surface area contributed by atoms with Crippen LogP contribution in [-0.4, -0.2) is 11.9 Å². The van der Waals surface area contributed by atoms with Crippen molar-refractivity contribution in [1.82, 2.24) is 0 Å². The second-order valence-corrected chi connectivity index (χ2v) is 4.26. The van der Waals surface area contributed by atoms with Gasteiger partial charge in [0.25, 0.3) is 0 Å². The molecule has 1 aromatic carbocycles. The summed E-state index contributed by atoms with van der Waals surface area (Å²) in [5, 5.41) is 0.680. The molecule has 1 aromatic rings. The molecule has 2 nitrogen and oxygen atoms in total. The molecule has 0 saturated carbocycles. The summed E-state index contributed by atoms with van der Waals surface area (Å²) in [6, 6.07) is 3.90. The maximum absolute atomic E-state index is 11.5. The second kappa shape index (κ2) is 5.55. The first-order valence-corrected chi connectivity index (χ1v) is 6.06. The van der Waals surface area contributed by atoms with E-state index in [4.69, 9.17) is 23.2 Å². The van der Waals surface area contributed by atoms with E-state index in [2.05, 4.69) is 0 Å². The molecule has 0 bridgehead atoms. The molecule has 0 unspecified atom stereocenters. The van der Waals surface area contributed by atoms with Crippen LogP contribution in [-0.2, 0) is 11.2 Å². The smallest absolute Gasteiger partial charge is 0.224 e. The third kappa shape index (κ3) is 2.50. The van der Waals surface area contributed by atoms with Gasteiger partial charge in [-0.2, -0.15) is 0 Å². The number of amides is 1. The topological polar surface area (TPSA) is 20.3 Å². The Labute approximate surface area is 106 Å².